The van der Waals surface area contributed by atoms with Crippen molar-refractivity contribution in [1.82, 2.24) is 9.62 Å². The Morgan fingerprint density at radius 2 is 1.48 bits per heavy atom. The van der Waals surface area contributed by atoms with Gasteiger partial charge in [0.15, 0.2) is 0 Å². The first kappa shape index (κ1) is 19.6. The summed E-state index contributed by atoms with van der Waals surface area (Å²) in [6.45, 7) is 3.33. The number of benzene rings is 1. The van der Waals surface area contributed by atoms with Crippen molar-refractivity contribution in [3.05, 3.63) is 29.8 Å². The standard InChI is InChI=1S/C23H32N2O3S/c1-16-6-8-25(9-7-16)29(27,28)21-4-2-20(3-5-21)22(26)24-23-13-17-10-18(14-23)12-19(11-17)15-23/h2-5,16-19H,6-15H2,1H3,(H,24,26). The van der Waals surface area contributed by atoms with Crippen LogP contribution < -0.4 is 5.32 Å². The molecule has 158 valence electrons. The zero-order chi connectivity index (χ0) is 20.2. The third-order valence-corrected chi connectivity index (χ3v) is 9.83. The summed E-state index contributed by atoms with van der Waals surface area (Å²) >= 11 is 0. The van der Waals surface area contributed by atoms with Crippen molar-refractivity contribution in [3.63, 3.8) is 0 Å². The summed E-state index contributed by atoms with van der Waals surface area (Å²) in [4.78, 5) is 13.2. The molecule has 29 heavy (non-hydrogen) atoms. The molecule has 1 heterocycles. The van der Waals surface area contributed by atoms with Crippen LogP contribution >= 0.6 is 0 Å². The molecule has 5 nitrogen and oxygen atoms in total. The first-order chi connectivity index (χ1) is 13.8. The largest absolute Gasteiger partial charge is 0.347 e. The molecule has 4 saturated carbocycles. The van der Waals surface area contributed by atoms with Crippen LogP contribution in [0.25, 0.3) is 0 Å². The summed E-state index contributed by atoms with van der Waals surface area (Å²) in [7, 11) is -3.47. The maximum atomic E-state index is 13.0. The molecule has 0 radical (unpaired) electrons. The van der Waals surface area contributed by atoms with Crippen LogP contribution in [0.5, 0.6) is 0 Å². The molecule has 1 N–H and O–H groups in total. The summed E-state index contributed by atoms with van der Waals surface area (Å²) in [5.41, 5.74) is 0.535. The molecule has 5 fully saturated rings. The molecule has 6 rings (SSSR count). The van der Waals surface area contributed by atoms with E-state index in [2.05, 4.69) is 12.2 Å². The van der Waals surface area contributed by atoms with Crippen molar-refractivity contribution in [2.45, 2.75) is 68.7 Å². The van der Waals surface area contributed by atoms with E-state index in [9.17, 15) is 13.2 Å². The lowest BCUT2D eigenvalue weighted by Gasteiger charge is -2.56. The van der Waals surface area contributed by atoms with Crippen LogP contribution in [0, 0.1) is 23.7 Å². The van der Waals surface area contributed by atoms with E-state index in [0.717, 1.165) is 49.9 Å². The Morgan fingerprint density at radius 3 is 2.00 bits per heavy atom. The molecule has 1 aliphatic heterocycles. The third kappa shape index (κ3) is 3.63. The van der Waals surface area contributed by atoms with Crippen molar-refractivity contribution in [2.75, 3.05) is 13.1 Å². The number of rotatable bonds is 4. The number of hydrogen-bond donors (Lipinski definition) is 1. The van der Waals surface area contributed by atoms with Gasteiger partial charge in [-0.1, -0.05) is 6.92 Å². The second kappa shape index (κ2) is 7.09. The average Bonchev–Trinajstić information content (AvgIpc) is 2.67. The maximum absolute atomic E-state index is 13.0. The van der Waals surface area contributed by atoms with Gasteiger partial charge in [0.1, 0.15) is 0 Å². The lowest BCUT2D eigenvalue weighted by Crippen LogP contribution is -2.59. The molecule has 1 saturated heterocycles. The Labute approximate surface area is 174 Å². The highest BCUT2D eigenvalue weighted by Gasteiger charge is 2.51. The summed E-state index contributed by atoms with van der Waals surface area (Å²) in [5.74, 6) is 2.86. The molecule has 6 heteroatoms. The van der Waals surface area contributed by atoms with Crippen LogP contribution in [-0.2, 0) is 10.0 Å². The van der Waals surface area contributed by atoms with Gasteiger partial charge in [0.25, 0.3) is 5.91 Å². The summed E-state index contributed by atoms with van der Waals surface area (Å²) in [6, 6.07) is 6.55. The van der Waals surface area contributed by atoms with Gasteiger partial charge in [-0.3, -0.25) is 4.79 Å². The SMILES string of the molecule is CC1CCN(S(=O)(=O)c2ccc(C(=O)NC34CC5CC(CC(C5)C3)C4)cc2)CC1. The number of hydrogen-bond acceptors (Lipinski definition) is 3. The minimum absolute atomic E-state index is 0.0267. The van der Waals surface area contributed by atoms with Crippen LogP contribution in [0.3, 0.4) is 0 Å². The Kier molecular flexibility index (Phi) is 4.78. The zero-order valence-electron chi connectivity index (χ0n) is 17.3. The van der Waals surface area contributed by atoms with Gasteiger partial charge in [-0.05, 0) is 99.3 Å². The lowest BCUT2D eigenvalue weighted by atomic mass is 9.53. The first-order valence-corrected chi connectivity index (χ1v) is 12.7. The molecule has 0 atom stereocenters. The predicted octanol–water partition coefficient (Wildman–Crippen LogP) is 3.81. The topological polar surface area (TPSA) is 66.5 Å². The molecular formula is C23H32N2O3S. The van der Waals surface area contributed by atoms with Crippen LogP contribution in [0.15, 0.2) is 29.2 Å². The summed E-state index contributed by atoms with van der Waals surface area (Å²) in [5, 5.41) is 3.37. The van der Waals surface area contributed by atoms with E-state index in [4.69, 9.17) is 0 Å². The van der Waals surface area contributed by atoms with E-state index in [1.165, 1.54) is 19.3 Å². The fourth-order valence-electron chi connectivity index (χ4n) is 6.73. The maximum Gasteiger partial charge on any atom is 0.251 e. The van der Waals surface area contributed by atoms with Gasteiger partial charge in [-0.25, -0.2) is 8.42 Å². The van der Waals surface area contributed by atoms with Crippen LogP contribution in [0.1, 0.15) is 68.6 Å². The Bertz CT molecular complexity index is 850. The highest BCUT2D eigenvalue weighted by Crippen LogP contribution is 2.55. The van der Waals surface area contributed by atoms with Crippen LogP contribution in [-0.4, -0.2) is 37.3 Å². The fourth-order valence-corrected chi connectivity index (χ4v) is 8.20. The van der Waals surface area contributed by atoms with Crippen molar-refractivity contribution >= 4 is 15.9 Å². The van der Waals surface area contributed by atoms with Gasteiger partial charge in [0, 0.05) is 24.2 Å². The summed E-state index contributed by atoms with van der Waals surface area (Å²) in [6.07, 6.45) is 9.19. The number of piperidine rings is 1. The van der Waals surface area contributed by atoms with Crippen LogP contribution in [0.2, 0.25) is 0 Å². The van der Waals surface area contributed by atoms with Crippen molar-refractivity contribution in [2.24, 2.45) is 23.7 Å². The number of nitrogens with one attached hydrogen (secondary N) is 1. The predicted molar refractivity (Wildman–Crippen MR) is 112 cm³/mol. The molecule has 5 aliphatic rings. The molecule has 1 amide bonds. The van der Waals surface area contributed by atoms with E-state index >= 15 is 0 Å². The fraction of sp³-hybridized carbons (Fsp3) is 0.696. The van der Waals surface area contributed by atoms with Gasteiger partial charge in [-0.15, -0.1) is 0 Å². The van der Waals surface area contributed by atoms with E-state index in [-0.39, 0.29) is 11.4 Å². The Balaban J connectivity index is 1.28. The number of carbonyl (C=O) groups is 1. The van der Waals surface area contributed by atoms with Crippen molar-refractivity contribution < 1.29 is 13.2 Å². The van der Waals surface area contributed by atoms with Gasteiger partial charge in [-0.2, -0.15) is 4.31 Å². The molecule has 1 aromatic carbocycles. The number of amides is 1. The van der Waals surface area contributed by atoms with Crippen molar-refractivity contribution in [3.8, 4) is 0 Å². The molecule has 4 bridgehead atoms. The highest BCUT2D eigenvalue weighted by molar-refractivity contribution is 7.89. The smallest absolute Gasteiger partial charge is 0.251 e. The second-order valence-electron chi connectivity index (χ2n) is 10.3. The van der Waals surface area contributed by atoms with Gasteiger partial charge in [0.05, 0.1) is 4.90 Å². The number of sulfonamides is 1. The van der Waals surface area contributed by atoms with Gasteiger partial charge in [0.2, 0.25) is 10.0 Å². The second-order valence-corrected chi connectivity index (χ2v) is 12.2. The summed E-state index contributed by atoms with van der Waals surface area (Å²) < 4.78 is 27.4. The average molecular weight is 417 g/mol. The molecule has 0 aromatic heterocycles. The Morgan fingerprint density at radius 1 is 0.966 bits per heavy atom. The zero-order valence-corrected chi connectivity index (χ0v) is 18.1. The minimum Gasteiger partial charge on any atom is -0.347 e. The molecular weight excluding hydrogens is 384 g/mol. The molecule has 1 aromatic rings. The van der Waals surface area contributed by atoms with E-state index in [1.54, 1.807) is 28.6 Å². The third-order valence-electron chi connectivity index (χ3n) is 7.91. The molecule has 0 unspecified atom stereocenters. The monoisotopic (exact) mass is 416 g/mol. The van der Waals surface area contributed by atoms with E-state index < -0.39 is 10.0 Å². The molecule has 0 spiro atoms. The number of nitrogens with zero attached hydrogens (tertiary/aromatic N) is 1. The first-order valence-electron chi connectivity index (χ1n) is 11.3. The number of carbonyl (C=O) groups excluding carboxylic acids is 1. The normalized spacial score (nSPS) is 35.0. The Hall–Kier alpha value is -1.40. The quantitative estimate of drug-likeness (QED) is 0.812. The highest BCUT2D eigenvalue weighted by atomic mass is 32.2. The van der Waals surface area contributed by atoms with E-state index in [0.29, 0.717) is 29.5 Å². The van der Waals surface area contributed by atoms with Crippen LogP contribution in [0.4, 0.5) is 0 Å². The van der Waals surface area contributed by atoms with Gasteiger partial charge >= 0.3 is 0 Å². The van der Waals surface area contributed by atoms with E-state index in [1.807, 2.05) is 0 Å². The lowest BCUT2D eigenvalue weighted by molar-refractivity contribution is -0.0167. The van der Waals surface area contributed by atoms with Crippen molar-refractivity contribution in [1.29, 1.82) is 0 Å². The molecule has 4 aliphatic carbocycles. The van der Waals surface area contributed by atoms with Gasteiger partial charge < -0.3 is 5.32 Å². The minimum atomic E-state index is -3.47.